The standard InChI is InChI=1S/C14H8Cl2N2O/c15-9-5-7-10(8-6-9)18-12-4-2-1-3-11(12)17-13(16)14(18)19/h1-8H. The van der Waals surface area contributed by atoms with Crippen molar-refractivity contribution < 1.29 is 0 Å². The topological polar surface area (TPSA) is 34.9 Å². The van der Waals surface area contributed by atoms with Crippen molar-refractivity contribution in [3.8, 4) is 5.69 Å². The Kier molecular flexibility index (Phi) is 3.01. The van der Waals surface area contributed by atoms with Gasteiger partial charge in [-0.2, -0.15) is 0 Å². The molecule has 5 heteroatoms. The normalized spacial score (nSPS) is 10.8. The fourth-order valence-electron chi connectivity index (χ4n) is 1.95. The number of fused-ring (bicyclic) bond motifs is 1. The van der Waals surface area contributed by atoms with Crippen molar-refractivity contribution in [1.82, 2.24) is 9.55 Å². The van der Waals surface area contributed by atoms with E-state index >= 15 is 0 Å². The summed E-state index contributed by atoms with van der Waals surface area (Å²) in [6, 6.07) is 14.3. The molecule has 2 aromatic carbocycles. The van der Waals surface area contributed by atoms with E-state index in [-0.39, 0.29) is 10.7 Å². The average molecular weight is 291 g/mol. The van der Waals surface area contributed by atoms with Crippen LogP contribution in [0, 0.1) is 0 Å². The molecule has 3 aromatic rings. The number of halogens is 2. The summed E-state index contributed by atoms with van der Waals surface area (Å²) in [5.41, 5.74) is 1.74. The van der Waals surface area contributed by atoms with Crippen LogP contribution in [0.25, 0.3) is 16.7 Å². The summed E-state index contributed by atoms with van der Waals surface area (Å²) in [6.45, 7) is 0. The molecule has 0 unspecified atom stereocenters. The predicted octanol–water partition coefficient (Wildman–Crippen LogP) is 3.69. The molecule has 0 saturated carbocycles. The van der Waals surface area contributed by atoms with E-state index in [1.807, 2.05) is 24.3 Å². The highest BCUT2D eigenvalue weighted by Gasteiger charge is 2.10. The minimum Gasteiger partial charge on any atom is -0.273 e. The fraction of sp³-hybridized carbons (Fsp3) is 0. The quantitative estimate of drug-likeness (QED) is 0.685. The van der Waals surface area contributed by atoms with E-state index in [4.69, 9.17) is 23.2 Å². The highest BCUT2D eigenvalue weighted by molar-refractivity contribution is 6.30. The van der Waals surface area contributed by atoms with Crippen molar-refractivity contribution in [2.24, 2.45) is 0 Å². The molecule has 0 saturated heterocycles. The molecule has 0 bridgehead atoms. The van der Waals surface area contributed by atoms with E-state index in [1.165, 1.54) is 4.57 Å². The van der Waals surface area contributed by atoms with Crippen LogP contribution in [0.15, 0.2) is 53.3 Å². The molecule has 0 fully saturated rings. The van der Waals surface area contributed by atoms with E-state index in [9.17, 15) is 4.79 Å². The Labute approximate surface area is 119 Å². The van der Waals surface area contributed by atoms with Crippen LogP contribution in [-0.2, 0) is 0 Å². The molecule has 0 radical (unpaired) electrons. The second-order valence-electron chi connectivity index (χ2n) is 4.01. The zero-order valence-corrected chi connectivity index (χ0v) is 11.2. The molecule has 1 aromatic heterocycles. The summed E-state index contributed by atoms with van der Waals surface area (Å²) in [5.74, 6) is 0. The van der Waals surface area contributed by atoms with Gasteiger partial charge in [0.15, 0.2) is 5.15 Å². The number of benzene rings is 2. The average Bonchev–Trinajstić information content (AvgIpc) is 2.42. The van der Waals surface area contributed by atoms with Gasteiger partial charge in [-0.15, -0.1) is 0 Å². The van der Waals surface area contributed by atoms with Gasteiger partial charge in [0.1, 0.15) is 0 Å². The van der Waals surface area contributed by atoms with Crippen LogP contribution >= 0.6 is 23.2 Å². The summed E-state index contributed by atoms with van der Waals surface area (Å²) in [5, 5.41) is 0.565. The second-order valence-corrected chi connectivity index (χ2v) is 4.80. The van der Waals surface area contributed by atoms with Crippen LogP contribution in [0.3, 0.4) is 0 Å². The summed E-state index contributed by atoms with van der Waals surface area (Å²) in [6.07, 6.45) is 0. The van der Waals surface area contributed by atoms with E-state index < -0.39 is 0 Å². The Hall–Kier alpha value is -1.84. The molecule has 0 N–H and O–H groups in total. The lowest BCUT2D eigenvalue weighted by atomic mass is 10.2. The molecule has 1 heterocycles. The molecule has 3 rings (SSSR count). The largest absolute Gasteiger partial charge is 0.293 e. The SMILES string of the molecule is O=c1c(Cl)nc2ccccc2n1-c1ccc(Cl)cc1. The summed E-state index contributed by atoms with van der Waals surface area (Å²) in [7, 11) is 0. The Morgan fingerprint density at radius 2 is 1.63 bits per heavy atom. The summed E-state index contributed by atoms with van der Waals surface area (Å²) < 4.78 is 1.53. The Morgan fingerprint density at radius 3 is 2.37 bits per heavy atom. The van der Waals surface area contributed by atoms with Crippen LogP contribution in [0.5, 0.6) is 0 Å². The van der Waals surface area contributed by atoms with E-state index in [2.05, 4.69) is 4.98 Å². The fourth-order valence-corrected chi connectivity index (χ4v) is 2.25. The maximum atomic E-state index is 12.2. The van der Waals surface area contributed by atoms with Crippen LogP contribution in [-0.4, -0.2) is 9.55 Å². The number of para-hydroxylation sites is 2. The lowest BCUT2D eigenvalue weighted by Crippen LogP contribution is -2.20. The van der Waals surface area contributed by atoms with Crippen molar-refractivity contribution >= 4 is 34.2 Å². The molecule has 0 spiro atoms. The number of hydrogen-bond acceptors (Lipinski definition) is 2. The number of nitrogens with zero attached hydrogens (tertiary/aromatic N) is 2. The predicted molar refractivity (Wildman–Crippen MR) is 77.4 cm³/mol. The molecule has 94 valence electrons. The van der Waals surface area contributed by atoms with E-state index in [1.54, 1.807) is 24.3 Å². The van der Waals surface area contributed by atoms with Gasteiger partial charge in [0.2, 0.25) is 0 Å². The maximum Gasteiger partial charge on any atom is 0.293 e. The molecule has 0 atom stereocenters. The maximum absolute atomic E-state index is 12.2. The van der Waals surface area contributed by atoms with Crippen LogP contribution in [0.1, 0.15) is 0 Å². The first-order valence-corrected chi connectivity index (χ1v) is 6.35. The van der Waals surface area contributed by atoms with Gasteiger partial charge in [-0.1, -0.05) is 35.3 Å². The molecule has 0 amide bonds. The molecule has 0 aliphatic rings. The first-order chi connectivity index (χ1) is 9.16. The Balaban J connectivity index is 2.42. The molecule has 3 nitrogen and oxygen atoms in total. The van der Waals surface area contributed by atoms with E-state index in [0.717, 1.165) is 0 Å². The van der Waals surface area contributed by atoms with Gasteiger partial charge >= 0.3 is 0 Å². The molecular weight excluding hydrogens is 283 g/mol. The lowest BCUT2D eigenvalue weighted by molar-refractivity contribution is 1.02. The monoisotopic (exact) mass is 290 g/mol. The minimum atomic E-state index is -0.345. The lowest BCUT2D eigenvalue weighted by Gasteiger charge is -2.10. The van der Waals surface area contributed by atoms with Gasteiger partial charge in [-0.05, 0) is 36.4 Å². The molecule has 19 heavy (non-hydrogen) atoms. The van der Waals surface area contributed by atoms with Crippen molar-refractivity contribution in [2.45, 2.75) is 0 Å². The third kappa shape index (κ3) is 2.11. The minimum absolute atomic E-state index is 0.0475. The van der Waals surface area contributed by atoms with Crippen molar-refractivity contribution in [2.75, 3.05) is 0 Å². The van der Waals surface area contributed by atoms with Crippen molar-refractivity contribution in [1.29, 1.82) is 0 Å². The first kappa shape index (κ1) is 12.2. The molecular formula is C14H8Cl2N2O. The third-order valence-electron chi connectivity index (χ3n) is 2.81. The third-order valence-corrected chi connectivity index (χ3v) is 3.30. The van der Waals surface area contributed by atoms with Gasteiger partial charge in [0.05, 0.1) is 11.0 Å². The van der Waals surface area contributed by atoms with Gasteiger partial charge in [-0.25, -0.2) is 4.98 Å². The number of hydrogen-bond donors (Lipinski definition) is 0. The van der Waals surface area contributed by atoms with Gasteiger partial charge in [0.25, 0.3) is 5.56 Å². The van der Waals surface area contributed by atoms with E-state index in [0.29, 0.717) is 21.7 Å². The summed E-state index contributed by atoms with van der Waals surface area (Å²) >= 11 is 11.8. The van der Waals surface area contributed by atoms with Crippen LogP contribution < -0.4 is 5.56 Å². The molecule has 0 aliphatic carbocycles. The van der Waals surface area contributed by atoms with Gasteiger partial charge in [-0.3, -0.25) is 9.36 Å². The van der Waals surface area contributed by atoms with Crippen molar-refractivity contribution in [3.05, 3.63) is 69.1 Å². The van der Waals surface area contributed by atoms with Gasteiger partial charge in [0, 0.05) is 10.7 Å². The zero-order chi connectivity index (χ0) is 13.4. The van der Waals surface area contributed by atoms with Gasteiger partial charge < -0.3 is 0 Å². The van der Waals surface area contributed by atoms with Crippen LogP contribution in [0.2, 0.25) is 10.2 Å². The Morgan fingerprint density at radius 1 is 0.947 bits per heavy atom. The highest BCUT2D eigenvalue weighted by Crippen LogP contribution is 2.18. The zero-order valence-electron chi connectivity index (χ0n) is 9.68. The Bertz CT molecular complexity index is 810. The van der Waals surface area contributed by atoms with Crippen LogP contribution in [0.4, 0.5) is 0 Å². The molecule has 0 aliphatic heterocycles. The number of aromatic nitrogens is 2. The smallest absolute Gasteiger partial charge is 0.273 e. The highest BCUT2D eigenvalue weighted by atomic mass is 35.5. The first-order valence-electron chi connectivity index (χ1n) is 5.60. The summed E-state index contributed by atoms with van der Waals surface area (Å²) in [4.78, 5) is 16.3. The number of rotatable bonds is 1. The second kappa shape index (κ2) is 4.68. The van der Waals surface area contributed by atoms with Crippen molar-refractivity contribution in [3.63, 3.8) is 0 Å².